The van der Waals surface area contributed by atoms with Crippen molar-refractivity contribution in [3.63, 3.8) is 0 Å². The molecule has 0 saturated heterocycles. The molecule has 174 valence electrons. The van der Waals surface area contributed by atoms with Crippen LogP contribution in [-0.4, -0.2) is 23.1 Å². The minimum atomic E-state index is -4.61. The van der Waals surface area contributed by atoms with Crippen LogP contribution in [0.2, 0.25) is 0 Å². The van der Waals surface area contributed by atoms with Crippen molar-refractivity contribution >= 4 is 26.4 Å². The highest BCUT2D eigenvalue weighted by molar-refractivity contribution is 7.88. The van der Waals surface area contributed by atoms with E-state index in [-0.39, 0.29) is 17.1 Å². The van der Waals surface area contributed by atoms with E-state index in [0.717, 1.165) is 18.3 Å². The Morgan fingerprint density at radius 2 is 1.45 bits per heavy atom. The van der Waals surface area contributed by atoms with Crippen LogP contribution in [0.5, 0.6) is 5.75 Å². The standard InChI is InChI=1S/C21H17F3N2O5S2/c22-21(23,24)18-10-12-19(13-11-18)33(29,30)31-20-9-5-4-8-17(20)14-25-26-32(27,28)15-16-6-2-1-3-7-16/h1-14,26H,15H2/b25-14+. The second kappa shape index (κ2) is 9.63. The summed E-state index contributed by atoms with van der Waals surface area (Å²) in [6.07, 6.45) is -3.56. The zero-order valence-electron chi connectivity index (χ0n) is 16.7. The summed E-state index contributed by atoms with van der Waals surface area (Å²) in [5.74, 6) is -0.505. The molecule has 0 aromatic heterocycles. The highest BCUT2D eigenvalue weighted by Gasteiger charge is 2.31. The van der Waals surface area contributed by atoms with Crippen molar-refractivity contribution in [3.8, 4) is 5.75 Å². The quantitative estimate of drug-likeness (QED) is 0.288. The summed E-state index contributed by atoms with van der Waals surface area (Å²) in [5, 5.41) is 3.65. The van der Waals surface area contributed by atoms with Crippen molar-refractivity contribution in [3.05, 3.63) is 95.6 Å². The van der Waals surface area contributed by atoms with Gasteiger partial charge in [-0.15, -0.1) is 0 Å². The number of para-hydroxylation sites is 1. The van der Waals surface area contributed by atoms with Crippen molar-refractivity contribution < 1.29 is 34.2 Å². The second-order valence-corrected chi connectivity index (χ2v) is 9.94. The predicted octanol–water partition coefficient (Wildman–Crippen LogP) is 3.93. The van der Waals surface area contributed by atoms with Gasteiger partial charge in [-0.05, 0) is 42.0 Å². The average molecular weight is 499 g/mol. The number of nitrogens with one attached hydrogen (secondary N) is 1. The molecule has 33 heavy (non-hydrogen) atoms. The molecule has 0 aliphatic carbocycles. The van der Waals surface area contributed by atoms with Crippen LogP contribution in [0.1, 0.15) is 16.7 Å². The Morgan fingerprint density at radius 3 is 2.09 bits per heavy atom. The number of hydrogen-bond acceptors (Lipinski definition) is 6. The summed E-state index contributed by atoms with van der Waals surface area (Å²) in [6.45, 7) is 0. The van der Waals surface area contributed by atoms with E-state index in [9.17, 15) is 30.0 Å². The fraction of sp³-hybridized carbons (Fsp3) is 0.0952. The maximum Gasteiger partial charge on any atom is 0.416 e. The lowest BCUT2D eigenvalue weighted by Gasteiger charge is -2.11. The molecule has 0 radical (unpaired) electrons. The Hall–Kier alpha value is -3.38. The zero-order chi connectivity index (χ0) is 24.1. The number of hydrogen-bond donors (Lipinski definition) is 1. The van der Waals surface area contributed by atoms with Gasteiger partial charge >= 0.3 is 16.3 Å². The van der Waals surface area contributed by atoms with E-state index in [1.807, 2.05) is 4.83 Å². The number of halogens is 3. The fourth-order valence-corrected chi connectivity index (χ4v) is 4.51. The van der Waals surface area contributed by atoms with Gasteiger partial charge in [-0.2, -0.15) is 26.7 Å². The monoisotopic (exact) mass is 498 g/mol. The Labute approximate surface area is 188 Å². The molecular formula is C21H17F3N2O5S2. The number of nitrogens with zero attached hydrogens (tertiary/aromatic N) is 1. The third kappa shape index (κ3) is 6.80. The van der Waals surface area contributed by atoms with Gasteiger partial charge in [0, 0.05) is 5.56 Å². The lowest BCUT2D eigenvalue weighted by atomic mass is 10.2. The normalized spacial score (nSPS) is 12.6. The first kappa shape index (κ1) is 24.3. The first-order chi connectivity index (χ1) is 15.5. The van der Waals surface area contributed by atoms with Gasteiger partial charge in [-0.25, -0.2) is 13.2 Å². The smallest absolute Gasteiger partial charge is 0.378 e. The van der Waals surface area contributed by atoms with Crippen LogP contribution in [-0.2, 0) is 32.1 Å². The van der Waals surface area contributed by atoms with E-state index in [0.29, 0.717) is 17.7 Å². The van der Waals surface area contributed by atoms with Crippen molar-refractivity contribution in [2.45, 2.75) is 16.8 Å². The molecule has 0 amide bonds. The predicted molar refractivity (Wildman–Crippen MR) is 115 cm³/mol. The van der Waals surface area contributed by atoms with E-state index < -0.39 is 36.8 Å². The number of hydrazone groups is 1. The van der Waals surface area contributed by atoms with Crippen molar-refractivity contribution in [1.82, 2.24) is 4.83 Å². The lowest BCUT2D eigenvalue weighted by Crippen LogP contribution is -2.20. The molecule has 0 spiro atoms. The molecule has 1 N–H and O–H groups in total. The molecular weight excluding hydrogens is 481 g/mol. The van der Waals surface area contributed by atoms with Gasteiger partial charge < -0.3 is 4.18 Å². The van der Waals surface area contributed by atoms with E-state index in [1.165, 1.54) is 24.3 Å². The van der Waals surface area contributed by atoms with Crippen LogP contribution in [0.4, 0.5) is 13.2 Å². The van der Waals surface area contributed by atoms with Crippen LogP contribution in [0.15, 0.2) is 88.9 Å². The first-order valence-electron chi connectivity index (χ1n) is 9.23. The van der Waals surface area contributed by atoms with Gasteiger partial charge in [0.15, 0.2) is 5.75 Å². The van der Waals surface area contributed by atoms with Crippen molar-refractivity contribution in [1.29, 1.82) is 0 Å². The van der Waals surface area contributed by atoms with Crippen LogP contribution in [0.25, 0.3) is 0 Å². The highest BCUT2D eigenvalue weighted by Crippen LogP contribution is 2.30. The van der Waals surface area contributed by atoms with Crippen molar-refractivity contribution in [2.24, 2.45) is 5.10 Å². The Kier molecular flexibility index (Phi) is 7.08. The molecule has 0 bridgehead atoms. The molecule has 7 nitrogen and oxygen atoms in total. The number of alkyl halides is 3. The molecule has 0 saturated carbocycles. The highest BCUT2D eigenvalue weighted by atomic mass is 32.2. The third-order valence-electron chi connectivity index (χ3n) is 4.18. The molecule has 0 fully saturated rings. The number of rotatable bonds is 8. The molecule has 0 atom stereocenters. The minimum absolute atomic E-state index is 0.121. The van der Waals surface area contributed by atoms with Gasteiger partial charge in [0.2, 0.25) is 0 Å². The van der Waals surface area contributed by atoms with E-state index in [2.05, 4.69) is 5.10 Å². The van der Waals surface area contributed by atoms with Gasteiger partial charge in [0.25, 0.3) is 10.0 Å². The molecule has 3 aromatic rings. The van der Waals surface area contributed by atoms with E-state index >= 15 is 0 Å². The Bertz CT molecular complexity index is 1340. The maximum atomic E-state index is 12.7. The summed E-state index contributed by atoms with van der Waals surface area (Å²) in [4.78, 5) is 1.55. The summed E-state index contributed by atoms with van der Waals surface area (Å²) in [7, 11) is -8.27. The summed E-state index contributed by atoms with van der Waals surface area (Å²) >= 11 is 0. The van der Waals surface area contributed by atoms with Crippen LogP contribution in [0, 0.1) is 0 Å². The van der Waals surface area contributed by atoms with E-state index in [1.54, 1.807) is 30.3 Å². The second-order valence-electron chi connectivity index (χ2n) is 6.69. The average Bonchev–Trinajstić information content (AvgIpc) is 2.74. The molecule has 0 aliphatic heterocycles. The SMILES string of the molecule is O=S(=O)(Cc1ccccc1)N/N=C/c1ccccc1OS(=O)(=O)c1ccc(C(F)(F)F)cc1. The largest absolute Gasteiger partial charge is 0.416 e. The van der Waals surface area contributed by atoms with Crippen LogP contribution >= 0.6 is 0 Å². The van der Waals surface area contributed by atoms with Gasteiger partial charge in [0.05, 0.1) is 17.5 Å². The zero-order valence-corrected chi connectivity index (χ0v) is 18.4. The van der Waals surface area contributed by atoms with Gasteiger partial charge in [-0.1, -0.05) is 42.5 Å². The summed E-state index contributed by atoms with van der Waals surface area (Å²) in [5.41, 5.74) is -0.335. The van der Waals surface area contributed by atoms with E-state index in [4.69, 9.17) is 4.18 Å². The van der Waals surface area contributed by atoms with Crippen LogP contribution in [0.3, 0.4) is 0 Å². The Balaban J connectivity index is 1.75. The first-order valence-corrected chi connectivity index (χ1v) is 12.3. The molecule has 0 unspecified atom stereocenters. The molecule has 3 aromatic carbocycles. The van der Waals surface area contributed by atoms with Crippen LogP contribution < -0.4 is 9.01 Å². The Morgan fingerprint density at radius 1 is 0.848 bits per heavy atom. The summed E-state index contributed by atoms with van der Waals surface area (Å²) < 4.78 is 92.4. The molecule has 3 rings (SSSR count). The van der Waals surface area contributed by atoms with Gasteiger partial charge in [0.1, 0.15) is 4.90 Å². The van der Waals surface area contributed by atoms with Gasteiger partial charge in [-0.3, -0.25) is 0 Å². The fourth-order valence-electron chi connectivity index (χ4n) is 2.64. The topological polar surface area (TPSA) is 102 Å². The third-order valence-corrected chi connectivity index (χ3v) is 6.53. The molecule has 0 aliphatic rings. The minimum Gasteiger partial charge on any atom is -0.378 e. The van der Waals surface area contributed by atoms with Crippen molar-refractivity contribution in [2.75, 3.05) is 0 Å². The lowest BCUT2D eigenvalue weighted by molar-refractivity contribution is -0.137. The number of sulfonamides is 1. The summed E-state index contributed by atoms with van der Waals surface area (Å²) in [6, 6.07) is 17.0. The maximum absolute atomic E-state index is 12.7. The molecule has 0 heterocycles. The number of benzene rings is 3. The molecule has 12 heteroatoms.